The van der Waals surface area contributed by atoms with Gasteiger partial charge in [0.1, 0.15) is 0 Å². The number of rotatable bonds is 6. The number of amides is 1. The molecule has 1 aliphatic heterocycles. The van der Waals surface area contributed by atoms with Gasteiger partial charge in [0.15, 0.2) is 11.5 Å². The van der Waals surface area contributed by atoms with E-state index in [2.05, 4.69) is 22.1 Å². The van der Waals surface area contributed by atoms with Crippen LogP contribution >= 0.6 is 11.8 Å². The first-order chi connectivity index (χ1) is 14.2. The van der Waals surface area contributed by atoms with Crippen molar-refractivity contribution >= 4 is 23.4 Å². The standard InChI is InChI=1S/C21H22N4O3S/c1-3-4-7-13-29-21-22-19-18(23-24-21)15-9-5-6-10-16(15)25(14(2)26)20(28-19)17-11-8-12-27-17/h5-6,8-12,20H,3-4,7,13H2,1-2H3/t20-/m0/s1. The number of carbonyl (C=O) groups is 1. The first kappa shape index (κ1) is 19.4. The number of benzene rings is 1. The van der Waals surface area contributed by atoms with Crippen LogP contribution in [0.1, 0.15) is 45.1 Å². The zero-order valence-electron chi connectivity index (χ0n) is 16.4. The number of hydrogen-bond donors (Lipinski definition) is 0. The van der Waals surface area contributed by atoms with Gasteiger partial charge in [-0.3, -0.25) is 9.69 Å². The Morgan fingerprint density at radius 2 is 2.03 bits per heavy atom. The third-order valence-electron chi connectivity index (χ3n) is 4.62. The average molecular weight is 410 g/mol. The van der Waals surface area contributed by atoms with Crippen LogP contribution < -0.4 is 9.64 Å². The van der Waals surface area contributed by atoms with Crippen molar-refractivity contribution in [2.75, 3.05) is 10.7 Å². The molecule has 2 aromatic heterocycles. The Morgan fingerprint density at radius 1 is 1.17 bits per heavy atom. The van der Waals surface area contributed by atoms with Gasteiger partial charge in [-0.15, -0.1) is 10.2 Å². The SMILES string of the molecule is CCCCCSc1nnc2c(n1)O[C@@H](c1ccco1)N(C(C)=O)c1ccccc1-2. The Bertz CT molecular complexity index is 993. The second-order valence-electron chi connectivity index (χ2n) is 6.70. The van der Waals surface area contributed by atoms with E-state index in [-0.39, 0.29) is 5.91 Å². The molecule has 1 atom stereocenters. The maximum Gasteiger partial charge on any atom is 0.247 e. The monoisotopic (exact) mass is 410 g/mol. The van der Waals surface area contributed by atoms with E-state index in [1.54, 1.807) is 35.1 Å². The van der Waals surface area contributed by atoms with Crippen LogP contribution in [0.4, 0.5) is 5.69 Å². The predicted octanol–water partition coefficient (Wildman–Crippen LogP) is 4.86. The second-order valence-corrected chi connectivity index (χ2v) is 7.76. The van der Waals surface area contributed by atoms with Gasteiger partial charge in [-0.1, -0.05) is 49.7 Å². The van der Waals surface area contributed by atoms with E-state index in [1.807, 2.05) is 24.3 Å². The van der Waals surface area contributed by atoms with Crippen molar-refractivity contribution in [3.63, 3.8) is 0 Å². The molecule has 7 nitrogen and oxygen atoms in total. The molecule has 0 aliphatic carbocycles. The number of thioether (sulfide) groups is 1. The van der Waals surface area contributed by atoms with Gasteiger partial charge >= 0.3 is 0 Å². The number of para-hydroxylation sites is 1. The maximum absolute atomic E-state index is 12.6. The largest absolute Gasteiger partial charge is 0.463 e. The smallest absolute Gasteiger partial charge is 0.247 e. The molecule has 8 heteroatoms. The number of carbonyl (C=O) groups excluding carboxylic acids is 1. The molecule has 0 saturated carbocycles. The summed E-state index contributed by atoms with van der Waals surface area (Å²) in [5.74, 6) is 1.61. The van der Waals surface area contributed by atoms with E-state index in [0.29, 0.717) is 28.2 Å². The minimum atomic E-state index is -0.778. The van der Waals surface area contributed by atoms with Crippen molar-refractivity contribution in [3.05, 3.63) is 48.4 Å². The van der Waals surface area contributed by atoms with Crippen LogP contribution in [-0.4, -0.2) is 26.8 Å². The van der Waals surface area contributed by atoms with E-state index in [9.17, 15) is 4.79 Å². The Labute approximate surface area is 173 Å². The van der Waals surface area contributed by atoms with Gasteiger partial charge in [-0.2, -0.15) is 4.98 Å². The highest BCUT2D eigenvalue weighted by molar-refractivity contribution is 7.99. The van der Waals surface area contributed by atoms with Crippen molar-refractivity contribution in [2.45, 2.75) is 44.5 Å². The van der Waals surface area contributed by atoms with Gasteiger partial charge in [-0.25, -0.2) is 0 Å². The maximum atomic E-state index is 12.6. The molecule has 0 spiro atoms. The van der Waals surface area contributed by atoms with Crippen molar-refractivity contribution in [3.8, 4) is 17.1 Å². The minimum Gasteiger partial charge on any atom is -0.463 e. The topological polar surface area (TPSA) is 81.3 Å². The van der Waals surface area contributed by atoms with Gasteiger partial charge in [0, 0.05) is 18.2 Å². The highest BCUT2D eigenvalue weighted by Gasteiger charge is 2.35. The van der Waals surface area contributed by atoms with E-state index < -0.39 is 6.23 Å². The number of fused-ring (bicyclic) bond motifs is 3. The van der Waals surface area contributed by atoms with Gasteiger partial charge in [0.25, 0.3) is 0 Å². The fourth-order valence-electron chi connectivity index (χ4n) is 3.25. The average Bonchev–Trinajstić information content (AvgIpc) is 3.21. The van der Waals surface area contributed by atoms with Crippen LogP contribution in [0.5, 0.6) is 5.88 Å². The highest BCUT2D eigenvalue weighted by Crippen LogP contribution is 2.43. The van der Waals surface area contributed by atoms with Gasteiger partial charge < -0.3 is 9.15 Å². The van der Waals surface area contributed by atoms with Crippen LogP contribution in [0.15, 0.2) is 52.2 Å². The third-order valence-corrected chi connectivity index (χ3v) is 5.54. The molecule has 0 N–H and O–H groups in total. The number of aromatic nitrogens is 3. The number of anilines is 1. The summed E-state index contributed by atoms with van der Waals surface area (Å²) >= 11 is 1.56. The van der Waals surface area contributed by atoms with Crippen molar-refractivity contribution in [2.24, 2.45) is 0 Å². The van der Waals surface area contributed by atoms with Crippen molar-refractivity contribution in [1.29, 1.82) is 0 Å². The van der Waals surface area contributed by atoms with Crippen LogP contribution in [0, 0.1) is 0 Å². The van der Waals surface area contributed by atoms with Gasteiger partial charge in [0.2, 0.25) is 23.2 Å². The molecule has 0 radical (unpaired) electrons. The van der Waals surface area contributed by atoms with Gasteiger partial charge in [-0.05, 0) is 24.6 Å². The number of unbranched alkanes of at least 4 members (excludes halogenated alkanes) is 2. The molecule has 1 aromatic carbocycles. The van der Waals surface area contributed by atoms with Crippen LogP contribution in [0.3, 0.4) is 0 Å². The number of hydrogen-bond acceptors (Lipinski definition) is 7. The molecule has 4 rings (SSSR count). The predicted molar refractivity (Wildman–Crippen MR) is 111 cm³/mol. The summed E-state index contributed by atoms with van der Waals surface area (Å²) < 4.78 is 11.8. The molecule has 0 fully saturated rings. The zero-order chi connectivity index (χ0) is 20.2. The first-order valence-electron chi connectivity index (χ1n) is 9.65. The van der Waals surface area contributed by atoms with Crippen LogP contribution in [0.2, 0.25) is 0 Å². The Morgan fingerprint density at radius 3 is 2.79 bits per heavy atom. The molecule has 3 heterocycles. The van der Waals surface area contributed by atoms with Gasteiger partial charge in [0.05, 0.1) is 12.0 Å². The van der Waals surface area contributed by atoms with Crippen LogP contribution in [-0.2, 0) is 4.79 Å². The fourth-order valence-corrected chi connectivity index (χ4v) is 4.02. The van der Waals surface area contributed by atoms with E-state index in [4.69, 9.17) is 9.15 Å². The van der Waals surface area contributed by atoms with E-state index in [0.717, 1.165) is 24.2 Å². The Kier molecular flexibility index (Phi) is 5.80. The molecular weight excluding hydrogens is 388 g/mol. The van der Waals surface area contributed by atoms with E-state index in [1.165, 1.54) is 13.3 Å². The van der Waals surface area contributed by atoms with Crippen LogP contribution in [0.25, 0.3) is 11.3 Å². The summed E-state index contributed by atoms with van der Waals surface area (Å²) in [5.41, 5.74) is 1.94. The lowest BCUT2D eigenvalue weighted by Crippen LogP contribution is -2.35. The first-order valence-corrected chi connectivity index (χ1v) is 10.6. The summed E-state index contributed by atoms with van der Waals surface area (Å²) in [5, 5.41) is 9.25. The number of nitrogens with zero attached hydrogens (tertiary/aromatic N) is 4. The summed E-state index contributed by atoms with van der Waals surface area (Å²) in [4.78, 5) is 18.8. The lowest BCUT2D eigenvalue weighted by molar-refractivity contribution is -0.118. The zero-order valence-corrected chi connectivity index (χ0v) is 17.2. The van der Waals surface area contributed by atoms with Crippen molar-refractivity contribution in [1.82, 2.24) is 15.2 Å². The van der Waals surface area contributed by atoms with Crippen molar-refractivity contribution < 1.29 is 13.9 Å². The molecule has 1 aliphatic rings. The summed E-state index contributed by atoms with van der Waals surface area (Å²) in [6, 6.07) is 11.1. The molecule has 29 heavy (non-hydrogen) atoms. The molecule has 3 aromatic rings. The molecule has 1 amide bonds. The minimum absolute atomic E-state index is 0.172. The fraction of sp³-hybridized carbons (Fsp3) is 0.333. The molecular formula is C21H22N4O3S. The second kappa shape index (κ2) is 8.65. The lowest BCUT2D eigenvalue weighted by atomic mass is 10.1. The molecule has 0 bridgehead atoms. The number of furan rings is 1. The summed E-state index contributed by atoms with van der Waals surface area (Å²) in [6.45, 7) is 3.67. The van der Waals surface area contributed by atoms with E-state index >= 15 is 0 Å². The summed E-state index contributed by atoms with van der Waals surface area (Å²) in [6.07, 6.45) is 4.21. The Hall–Kier alpha value is -2.87. The third kappa shape index (κ3) is 3.98. The lowest BCUT2D eigenvalue weighted by Gasteiger charge is -2.28. The Balaban J connectivity index is 1.77. The summed E-state index contributed by atoms with van der Waals surface area (Å²) in [7, 11) is 0. The molecule has 150 valence electrons. The quantitative estimate of drug-likeness (QED) is 0.424. The highest BCUT2D eigenvalue weighted by atomic mass is 32.2. The number of ether oxygens (including phenoxy) is 1. The molecule has 0 saturated heterocycles. The molecule has 0 unspecified atom stereocenters. The normalized spacial score (nSPS) is 15.2.